The Hall–Kier alpha value is -1.39. The molecule has 0 saturated heterocycles. The molecule has 3 nitrogen and oxygen atoms in total. The molecule has 0 unspecified atom stereocenters. The molecule has 0 spiro atoms. The normalized spacial score (nSPS) is 11.0. The molecule has 0 radical (unpaired) electrons. The number of halogens is 4. The van der Waals surface area contributed by atoms with Gasteiger partial charge in [-0.15, -0.1) is 11.6 Å². The van der Waals surface area contributed by atoms with Crippen LogP contribution in [0.25, 0.3) is 0 Å². The zero-order valence-corrected chi connectivity index (χ0v) is 12.5. The topological polar surface area (TPSA) is 50.1 Å². The molecule has 0 bridgehead atoms. The van der Waals surface area contributed by atoms with Gasteiger partial charge in [0.25, 0.3) is 0 Å². The maximum absolute atomic E-state index is 12.6. The first-order valence-electron chi connectivity index (χ1n) is 5.84. The number of carbonyl (C=O) groups is 1. The average Bonchev–Trinajstić information content (AvgIpc) is 2.39. The number of benzene rings is 1. The maximum Gasteiger partial charge on any atom is 0.446 e. The van der Waals surface area contributed by atoms with Crippen molar-refractivity contribution in [1.29, 1.82) is 5.26 Å². The Morgan fingerprint density at radius 1 is 1.48 bits per heavy atom. The van der Waals surface area contributed by atoms with Crippen molar-refractivity contribution in [3.05, 3.63) is 28.8 Å². The number of hydrogen-bond donors (Lipinski definition) is 0. The molecule has 114 valence electrons. The molecule has 0 aliphatic carbocycles. The minimum absolute atomic E-state index is 0.00331. The summed E-state index contributed by atoms with van der Waals surface area (Å²) in [6, 6.07) is 4.38. The van der Waals surface area contributed by atoms with E-state index in [4.69, 9.17) is 21.6 Å². The SMILES string of the molecule is CCOC(=O)Cc1c(SC(F)(F)F)ccc(CCl)c1C#N. The summed E-state index contributed by atoms with van der Waals surface area (Å²) in [5.41, 5.74) is -4.15. The van der Waals surface area contributed by atoms with Crippen molar-refractivity contribution in [3.8, 4) is 6.07 Å². The highest BCUT2D eigenvalue weighted by atomic mass is 35.5. The summed E-state index contributed by atoms with van der Waals surface area (Å²) in [6.45, 7) is 1.70. The van der Waals surface area contributed by atoms with Crippen LogP contribution in [0.3, 0.4) is 0 Å². The van der Waals surface area contributed by atoms with E-state index in [-0.39, 0.29) is 40.3 Å². The number of alkyl halides is 4. The molecule has 0 amide bonds. The highest BCUT2D eigenvalue weighted by molar-refractivity contribution is 8.00. The molecule has 0 aliphatic heterocycles. The Kier molecular flexibility index (Phi) is 6.37. The van der Waals surface area contributed by atoms with E-state index < -0.39 is 17.9 Å². The van der Waals surface area contributed by atoms with Gasteiger partial charge in [-0.05, 0) is 35.9 Å². The van der Waals surface area contributed by atoms with Gasteiger partial charge in [-0.25, -0.2) is 0 Å². The van der Waals surface area contributed by atoms with Crippen LogP contribution in [0.15, 0.2) is 17.0 Å². The molecule has 8 heteroatoms. The summed E-state index contributed by atoms with van der Waals surface area (Å²) in [7, 11) is 0. The van der Waals surface area contributed by atoms with Gasteiger partial charge in [0, 0.05) is 10.8 Å². The van der Waals surface area contributed by atoms with Gasteiger partial charge >= 0.3 is 11.5 Å². The number of nitriles is 1. The summed E-state index contributed by atoms with van der Waals surface area (Å²) in [4.78, 5) is 11.3. The molecule has 1 rings (SSSR count). The summed E-state index contributed by atoms with van der Waals surface area (Å²) in [6.07, 6.45) is -0.403. The minimum atomic E-state index is -4.52. The first-order valence-corrected chi connectivity index (χ1v) is 7.19. The molecule has 0 aromatic heterocycles. The Morgan fingerprint density at radius 3 is 2.62 bits per heavy atom. The molecule has 0 heterocycles. The van der Waals surface area contributed by atoms with Gasteiger partial charge in [-0.2, -0.15) is 18.4 Å². The zero-order valence-electron chi connectivity index (χ0n) is 11.0. The third-order valence-electron chi connectivity index (χ3n) is 2.46. The smallest absolute Gasteiger partial charge is 0.446 e. The predicted molar refractivity (Wildman–Crippen MR) is 73.0 cm³/mol. The number of esters is 1. The second-order valence-corrected chi connectivity index (χ2v) is 5.23. The van der Waals surface area contributed by atoms with E-state index in [1.807, 2.05) is 6.07 Å². The molecule has 0 N–H and O–H groups in total. The average molecular weight is 338 g/mol. The third kappa shape index (κ3) is 5.14. The molecular formula is C13H11ClF3NO2S. The lowest BCUT2D eigenvalue weighted by molar-refractivity contribution is -0.142. The van der Waals surface area contributed by atoms with Gasteiger partial charge < -0.3 is 4.74 Å². The molecule has 0 fully saturated rings. The standard InChI is InChI=1S/C13H11ClF3NO2S/c1-2-20-12(19)5-9-10(7-18)8(6-14)3-4-11(9)21-13(15,16)17/h3-4H,2,5-6H2,1H3. The summed E-state index contributed by atoms with van der Waals surface area (Å²) < 4.78 is 42.4. The lowest BCUT2D eigenvalue weighted by Crippen LogP contribution is -2.12. The number of carbonyl (C=O) groups excluding carboxylic acids is 1. The lowest BCUT2D eigenvalue weighted by atomic mass is 10.0. The molecule has 0 saturated carbocycles. The van der Waals surface area contributed by atoms with Crippen molar-refractivity contribution >= 4 is 29.3 Å². The molecule has 21 heavy (non-hydrogen) atoms. The number of thioether (sulfide) groups is 1. The number of nitrogens with zero attached hydrogens (tertiary/aromatic N) is 1. The van der Waals surface area contributed by atoms with Crippen molar-refractivity contribution in [1.82, 2.24) is 0 Å². The summed E-state index contributed by atoms with van der Waals surface area (Å²) >= 11 is 5.30. The van der Waals surface area contributed by atoms with Crippen LogP contribution in [0.1, 0.15) is 23.6 Å². The maximum atomic E-state index is 12.6. The number of ether oxygens (including phenoxy) is 1. The van der Waals surface area contributed by atoms with Crippen LogP contribution in [0, 0.1) is 11.3 Å². The Bertz CT molecular complexity index is 570. The van der Waals surface area contributed by atoms with Crippen molar-refractivity contribution in [2.45, 2.75) is 29.6 Å². The van der Waals surface area contributed by atoms with Gasteiger partial charge in [0.2, 0.25) is 0 Å². The quantitative estimate of drug-likeness (QED) is 0.462. The van der Waals surface area contributed by atoms with Crippen LogP contribution in [0.2, 0.25) is 0 Å². The minimum Gasteiger partial charge on any atom is -0.466 e. The number of rotatable bonds is 5. The molecule has 0 atom stereocenters. The Labute approximate surface area is 129 Å². The lowest BCUT2D eigenvalue weighted by Gasteiger charge is -2.14. The fourth-order valence-electron chi connectivity index (χ4n) is 1.68. The van der Waals surface area contributed by atoms with Crippen molar-refractivity contribution < 1.29 is 22.7 Å². The van der Waals surface area contributed by atoms with E-state index in [2.05, 4.69) is 0 Å². The van der Waals surface area contributed by atoms with Crippen LogP contribution in [0.4, 0.5) is 13.2 Å². The van der Waals surface area contributed by atoms with E-state index in [9.17, 15) is 18.0 Å². The summed E-state index contributed by atoms with van der Waals surface area (Å²) in [5.74, 6) is -0.722. The monoisotopic (exact) mass is 337 g/mol. The Balaban J connectivity index is 3.30. The molecule has 1 aromatic carbocycles. The third-order valence-corrected chi connectivity index (χ3v) is 3.59. The predicted octanol–water partition coefficient (Wildman–Crippen LogP) is 4.01. The molecule has 1 aromatic rings. The summed E-state index contributed by atoms with van der Waals surface area (Å²) in [5, 5.41) is 9.14. The fourth-order valence-corrected chi connectivity index (χ4v) is 2.59. The van der Waals surface area contributed by atoms with Gasteiger partial charge in [-0.1, -0.05) is 6.07 Å². The van der Waals surface area contributed by atoms with Crippen molar-refractivity contribution in [2.24, 2.45) is 0 Å². The van der Waals surface area contributed by atoms with Gasteiger partial charge in [-0.3, -0.25) is 4.79 Å². The first kappa shape index (κ1) is 17.7. The van der Waals surface area contributed by atoms with Crippen LogP contribution in [0.5, 0.6) is 0 Å². The van der Waals surface area contributed by atoms with Gasteiger partial charge in [0.15, 0.2) is 0 Å². The van der Waals surface area contributed by atoms with E-state index in [1.54, 1.807) is 6.92 Å². The fraction of sp³-hybridized carbons (Fsp3) is 0.385. The zero-order chi connectivity index (χ0) is 16.0. The van der Waals surface area contributed by atoms with E-state index in [1.165, 1.54) is 12.1 Å². The van der Waals surface area contributed by atoms with Gasteiger partial charge in [0.05, 0.1) is 24.7 Å². The second-order valence-electron chi connectivity index (χ2n) is 3.85. The van der Waals surface area contributed by atoms with E-state index in [0.717, 1.165) is 0 Å². The Morgan fingerprint density at radius 2 is 2.14 bits per heavy atom. The number of hydrogen-bond acceptors (Lipinski definition) is 4. The van der Waals surface area contributed by atoms with Crippen LogP contribution < -0.4 is 0 Å². The highest BCUT2D eigenvalue weighted by Gasteiger charge is 2.31. The van der Waals surface area contributed by atoms with E-state index in [0.29, 0.717) is 5.56 Å². The molecular weight excluding hydrogens is 327 g/mol. The van der Waals surface area contributed by atoms with Crippen LogP contribution >= 0.6 is 23.4 Å². The highest BCUT2D eigenvalue weighted by Crippen LogP contribution is 2.40. The molecule has 0 aliphatic rings. The van der Waals surface area contributed by atoms with Crippen LogP contribution in [-0.4, -0.2) is 18.1 Å². The van der Waals surface area contributed by atoms with Crippen molar-refractivity contribution in [2.75, 3.05) is 6.61 Å². The van der Waals surface area contributed by atoms with Gasteiger partial charge in [0.1, 0.15) is 0 Å². The van der Waals surface area contributed by atoms with Crippen molar-refractivity contribution in [3.63, 3.8) is 0 Å². The largest absolute Gasteiger partial charge is 0.466 e. The van der Waals surface area contributed by atoms with Crippen LogP contribution in [-0.2, 0) is 21.8 Å². The first-order chi connectivity index (χ1) is 9.82. The van der Waals surface area contributed by atoms with E-state index >= 15 is 0 Å². The second kappa shape index (κ2) is 7.57.